The first-order valence-corrected chi connectivity index (χ1v) is 5.09. The minimum Gasteiger partial charge on any atom is -0.508 e. The predicted octanol–water partition coefficient (Wildman–Crippen LogP) is 1.25. The Morgan fingerprint density at radius 3 is 2.62 bits per heavy atom. The number of phenolic OH excluding ortho intramolecular Hbond substituents is 1. The summed E-state index contributed by atoms with van der Waals surface area (Å²) in [5.41, 5.74) is 1.86. The van der Waals surface area contributed by atoms with Gasteiger partial charge in [-0.1, -0.05) is 5.21 Å². The second kappa shape index (κ2) is 4.32. The van der Waals surface area contributed by atoms with Crippen LogP contribution >= 0.6 is 0 Å². The number of hydrogen-bond donors (Lipinski definition) is 2. The third kappa shape index (κ3) is 1.90. The van der Waals surface area contributed by atoms with Crippen LogP contribution in [0.1, 0.15) is 18.7 Å². The first-order valence-electron chi connectivity index (χ1n) is 5.09. The van der Waals surface area contributed by atoms with Crippen LogP contribution in [0, 0.1) is 0 Å². The number of nitrogens with zero attached hydrogens (tertiary/aromatic N) is 3. The minimum atomic E-state index is 0.170. The summed E-state index contributed by atoms with van der Waals surface area (Å²) in [4.78, 5) is 0. The third-order valence-corrected chi connectivity index (χ3v) is 2.55. The lowest BCUT2D eigenvalue weighted by atomic mass is 10.2. The third-order valence-electron chi connectivity index (χ3n) is 2.55. The summed E-state index contributed by atoms with van der Waals surface area (Å²) in [6.07, 6.45) is 1.73. The van der Waals surface area contributed by atoms with Gasteiger partial charge in [0.05, 0.1) is 17.6 Å². The van der Waals surface area contributed by atoms with Crippen molar-refractivity contribution < 1.29 is 5.11 Å². The Kier molecular flexibility index (Phi) is 2.87. The topological polar surface area (TPSA) is 63.0 Å². The molecule has 1 atom stereocenters. The number of aromatic nitrogens is 3. The Morgan fingerprint density at radius 1 is 1.31 bits per heavy atom. The van der Waals surface area contributed by atoms with Crippen molar-refractivity contribution in [2.75, 3.05) is 7.05 Å². The molecule has 84 valence electrons. The molecule has 0 aliphatic carbocycles. The van der Waals surface area contributed by atoms with Gasteiger partial charge in [-0.15, -0.1) is 5.10 Å². The quantitative estimate of drug-likeness (QED) is 0.814. The summed E-state index contributed by atoms with van der Waals surface area (Å²) < 4.78 is 1.75. The predicted molar refractivity (Wildman–Crippen MR) is 60.5 cm³/mol. The first-order chi connectivity index (χ1) is 7.72. The van der Waals surface area contributed by atoms with Gasteiger partial charge in [0.1, 0.15) is 5.75 Å². The molecular formula is C11H14N4O. The molecule has 0 saturated heterocycles. The number of aromatic hydroxyl groups is 1. The van der Waals surface area contributed by atoms with Gasteiger partial charge in [0.15, 0.2) is 0 Å². The van der Waals surface area contributed by atoms with E-state index in [0.29, 0.717) is 0 Å². The fraction of sp³-hybridized carbons (Fsp3) is 0.273. The highest BCUT2D eigenvalue weighted by atomic mass is 16.3. The van der Waals surface area contributed by atoms with Crippen molar-refractivity contribution in [3.8, 4) is 11.4 Å². The molecule has 5 heteroatoms. The van der Waals surface area contributed by atoms with Gasteiger partial charge in [-0.05, 0) is 38.2 Å². The van der Waals surface area contributed by atoms with E-state index in [2.05, 4.69) is 15.6 Å². The fourth-order valence-electron chi connectivity index (χ4n) is 1.48. The van der Waals surface area contributed by atoms with Gasteiger partial charge in [0.25, 0.3) is 0 Å². The normalized spacial score (nSPS) is 12.6. The molecule has 1 aromatic carbocycles. The Bertz CT molecular complexity index is 463. The van der Waals surface area contributed by atoms with Gasteiger partial charge < -0.3 is 10.4 Å². The molecule has 2 N–H and O–H groups in total. The van der Waals surface area contributed by atoms with Crippen LogP contribution in [0.2, 0.25) is 0 Å². The van der Waals surface area contributed by atoms with E-state index in [9.17, 15) is 5.11 Å². The molecule has 0 aliphatic rings. The molecule has 0 bridgehead atoms. The van der Waals surface area contributed by atoms with Crippen LogP contribution in [-0.4, -0.2) is 27.1 Å². The van der Waals surface area contributed by atoms with E-state index in [1.165, 1.54) is 0 Å². The molecule has 0 radical (unpaired) electrons. The second-order valence-electron chi connectivity index (χ2n) is 3.60. The highest BCUT2D eigenvalue weighted by molar-refractivity contribution is 5.37. The maximum atomic E-state index is 9.22. The average Bonchev–Trinajstić information content (AvgIpc) is 2.78. The van der Waals surface area contributed by atoms with E-state index < -0.39 is 0 Å². The first kappa shape index (κ1) is 10.6. The molecule has 0 fully saturated rings. The van der Waals surface area contributed by atoms with Crippen molar-refractivity contribution in [2.24, 2.45) is 0 Å². The Labute approximate surface area is 93.7 Å². The average molecular weight is 218 g/mol. The van der Waals surface area contributed by atoms with Crippen LogP contribution in [0.5, 0.6) is 5.75 Å². The Morgan fingerprint density at radius 2 is 2.00 bits per heavy atom. The Balaban J connectivity index is 2.40. The van der Waals surface area contributed by atoms with E-state index in [0.717, 1.165) is 11.4 Å². The molecule has 1 unspecified atom stereocenters. The molecule has 0 saturated carbocycles. The standard InChI is InChI=1S/C11H14N4O/c1-8(12-2)11-7-13-14-15(11)9-3-5-10(16)6-4-9/h3-8,12,16H,1-2H3. The molecule has 1 heterocycles. The molecule has 0 aliphatic heterocycles. The van der Waals surface area contributed by atoms with Crippen LogP contribution in [0.25, 0.3) is 5.69 Å². The summed E-state index contributed by atoms with van der Waals surface area (Å²) in [5, 5.41) is 20.3. The van der Waals surface area contributed by atoms with E-state index in [-0.39, 0.29) is 11.8 Å². The van der Waals surface area contributed by atoms with Crippen LogP contribution in [0.4, 0.5) is 0 Å². The number of phenols is 1. The van der Waals surface area contributed by atoms with Gasteiger partial charge in [0.2, 0.25) is 0 Å². The number of nitrogens with one attached hydrogen (secondary N) is 1. The maximum absolute atomic E-state index is 9.22. The molecule has 0 spiro atoms. The lowest BCUT2D eigenvalue weighted by molar-refractivity contribution is 0.475. The number of rotatable bonds is 3. The smallest absolute Gasteiger partial charge is 0.115 e. The lowest BCUT2D eigenvalue weighted by Gasteiger charge is -2.11. The molecule has 2 rings (SSSR count). The van der Waals surface area contributed by atoms with E-state index in [1.54, 1.807) is 35.1 Å². The highest BCUT2D eigenvalue weighted by Gasteiger charge is 2.11. The second-order valence-corrected chi connectivity index (χ2v) is 3.60. The summed E-state index contributed by atoms with van der Waals surface area (Å²) in [7, 11) is 1.89. The van der Waals surface area contributed by atoms with E-state index in [4.69, 9.17) is 0 Å². The summed E-state index contributed by atoms with van der Waals surface area (Å²) in [6, 6.07) is 7.03. The van der Waals surface area contributed by atoms with Gasteiger partial charge in [-0.3, -0.25) is 0 Å². The van der Waals surface area contributed by atoms with Gasteiger partial charge >= 0.3 is 0 Å². The maximum Gasteiger partial charge on any atom is 0.115 e. The van der Waals surface area contributed by atoms with Crippen LogP contribution < -0.4 is 5.32 Å². The van der Waals surface area contributed by atoms with Crippen molar-refractivity contribution in [1.82, 2.24) is 20.3 Å². The zero-order chi connectivity index (χ0) is 11.5. The molecule has 5 nitrogen and oxygen atoms in total. The van der Waals surface area contributed by atoms with Crippen molar-refractivity contribution in [1.29, 1.82) is 0 Å². The van der Waals surface area contributed by atoms with Crippen molar-refractivity contribution in [3.05, 3.63) is 36.2 Å². The van der Waals surface area contributed by atoms with Crippen molar-refractivity contribution in [3.63, 3.8) is 0 Å². The van der Waals surface area contributed by atoms with Gasteiger partial charge in [-0.25, -0.2) is 4.68 Å². The zero-order valence-electron chi connectivity index (χ0n) is 9.25. The van der Waals surface area contributed by atoms with Gasteiger partial charge in [0, 0.05) is 6.04 Å². The van der Waals surface area contributed by atoms with Gasteiger partial charge in [-0.2, -0.15) is 0 Å². The largest absolute Gasteiger partial charge is 0.508 e. The number of hydrogen-bond acceptors (Lipinski definition) is 4. The lowest BCUT2D eigenvalue weighted by Crippen LogP contribution is -2.16. The highest BCUT2D eigenvalue weighted by Crippen LogP contribution is 2.17. The van der Waals surface area contributed by atoms with Crippen molar-refractivity contribution >= 4 is 0 Å². The van der Waals surface area contributed by atoms with E-state index >= 15 is 0 Å². The summed E-state index contributed by atoms with van der Waals surface area (Å²) in [5.74, 6) is 0.243. The summed E-state index contributed by atoms with van der Waals surface area (Å²) >= 11 is 0. The molecule has 0 amide bonds. The van der Waals surface area contributed by atoms with Crippen LogP contribution in [0.15, 0.2) is 30.5 Å². The van der Waals surface area contributed by atoms with Crippen molar-refractivity contribution in [2.45, 2.75) is 13.0 Å². The zero-order valence-corrected chi connectivity index (χ0v) is 9.25. The van der Waals surface area contributed by atoms with Crippen LogP contribution in [0.3, 0.4) is 0 Å². The number of benzene rings is 1. The SMILES string of the molecule is CNC(C)c1cnnn1-c1ccc(O)cc1. The van der Waals surface area contributed by atoms with Crippen LogP contribution in [-0.2, 0) is 0 Å². The minimum absolute atomic E-state index is 0.170. The monoisotopic (exact) mass is 218 g/mol. The molecule has 1 aromatic heterocycles. The molecule has 16 heavy (non-hydrogen) atoms. The molecular weight excluding hydrogens is 204 g/mol. The van der Waals surface area contributed by atoms with E-state index in [1.807, 2.05) is 14.0 Å². The molecule has 2 aromatic rings. The fourth-order valence-corrected chi connectivity index (χ4v) is 1.48. The Hall–Kier alpha value is -1.88. The summed E-state index contributed by atoms with van der Waals surface area (Å²) in [6.45, 7) is 2.04.